The van der Waals surface area contributed by atoms with E-state index in [9.17, 15) is 0 Å². The van der Waals surface area contributed by atoms with Gasteiger partial charge in [-0.2, -0.15) is 4.98 Å². The van der Waals surface area contributed by atoms with Gasteiger partial charge in [0, 0.05) is 17.5 Å². The molecule has 0 N–H and O–H groups in total. The van der Waals surface area contributed by atoms with Crippen molar-refractivity contribution < 1.29 is 9.26 Å². The maximum Gasteiger partial charge on any atom is 0.259 e. The molecule has 0 spiro atoms. The molecule has 130 valence electrons. The second-order valence-electron chi connectivity index (χ2n) is 6.28. The molecule has 3 aromatic heterocycles. The molecule has 1 aromatic carbocycles. The van der Waals surface area contributed by atoms with E-state index in [-0.39, 0.29) is 5.92 Å². The average molecular weight is 346 g/mol. The number of fused-ring (bicyclic) bond motifs is 1. The normalized spacial score (nSPS) is 11.2. The second-order valence-corrected chi connectivity index (χ2v) is 6.28. The molecule has 3 heterocycles. The summed E-state index contributed by atoms with van der Waals surface area (Å²) < 4.78 is 10.8. The molecule has 0 bridgehead atoms. The van der Waals surface area contributed by atoms with Crippen LogP contribution in [0.3, 0.4) is 0 Å². The molecule has 0 aliphatic carbocycles. The first kappa shape index (κ1) is 16.2. The van der Waals surface area contributed by atoms with Gasteiger partial charge in [-0.1, -0.05) is 37.2 Å². The maximum absolute atomic E-state index is 5.46. The van der Waals surface area contributed by atoms with Crippen LogP contribution in [0, 0.1) is 0 Å². The highest BCUT2D eigenvalue weighted by Gasteiger charge is 2.14. The van der Waals surface area contributed by atoms with Crippen LogP contribution in [0.5, 0.6) is 5.88 Å². The first-order valence-corrected chi connectivity index (χ1v) is 8.40. The number of hydrogen-bond acceptors (Lipinski definition) is 6. The summed E-state index contributed by atoms with van der Waals surface area (Å²) in [5.74, 6) is 1.91. The van der Waals surface area contributed by atoms with E-state index < -0.39 is 0 Å². The minimum absolute atomic E-state index is 0.215. The smallest absolute Gasteiger partial charge is 0.259 e. The Bertz CT molecular complexity index is 1060. The van der Waals surface area contributed by atoms with Gasteiger partial charge < -0.3 is 9.26 Å². The third-order valence-electron chi connectivity index (χ3n) is 4.13. The van der Waals surface area contributed by atoms with Crippen LogP contribution in [0.4, 0.5) is 0 Å². The minimum atomic E-state index is 0.215. The van der Waals surface area contributed by atoms with Crippen LogP contribution >= 0.6 is 0 Å². The van der Waals surface area contributed by atoms with Crippen LogP contribution in [0.15, 0.2) is 53.2 Å². The highest BCUT2D eigenvalue weighted by molar-refractivity contribution is 5.85. The number of nitrogens with zero attached hydrogens (tertiary/aromatic N) is 4. The van der Waals surface area contributed by atoms with E-state index in [1.807, 2.05) is 56.3 Å². The highest BCUT2D eigenvalue weighted by atomic mass is 16.5. The summed E-state index contributed by atoms with van der Waals surface area (Å²) in [6, 6.07) is 13.8. The predicted octanol–water partition coefficient (Wildman–Crippen LogP) is 4.48. The Kier molecular flexibility index (Phi) is 4.08. The fourth-order valence-corrected chi connectivity index (χ4v) is 2.70. The zero-order chi connectivity index (χ0) is 18.1. The summed E-state index contributed by atoms with van der Waals surface area (Å²) in [6.07, 6.45) is 1.72. The fourth-order valence-electron chi connectivity index (χ4n) is 2.70. The van der Waals surface area contributed by atoms with Crippen LogP contribution in [0.2, 0.25) is 0 Å². The van der Waals surface area contributed by atoms with E-state index in [1.165, 1.54) is 0 Å². The lowest BCUT2D eigenvalue weighted by Gasteiger charge is -2.09. The van der Waals surface area contributed by atoms with Gasteiger partial charge in [0.1, 0.15) is 0 Å². The third-order valence-corrected chi connectivity index (χ3v) is 4.13. The quantitative estimate of drug-likeness (QED) is 0.542. The lowest BCUT2D eigenvalue weighted by Crippen LogP contribution is -1.94. The zero-order valence-corrected chi connectivity index (χ0v) is 14.8. The Morgan fingerprint density at radius 3 is 2.58 bits per heavy atom. The molecule has 0 amide bonds. The first-order chi connectivity index (χ1) is 12.7. The van der Waals surface area contributed by atoms with Crippen molar-refractivity contribution in [2.24, 2.45) is 0 Å². The molecule has 0 saturated heterocycles. The van der Waals surface area contributed by atoms with Gasteiger partial charge in [-0.3, -0.25) is 4.98 Å². The first-order valence-electron chi connectivity index (χ1n) is 8.40. The van der Waals surface area contributed by atoms with Crippen molar-refractivity contribution in [1.29, 1.82) is 0 Å². The number of methoxy groups -OCH3 is 1. The van der Waals surface area contributed by atoms with Gasteiger partial charge in [-0.25, -0.2) is 4.98 Å². The van der Waals surface area contributed by atoms with Crippen molar-refractivity contribution in [3.8, 4) is 28.6 Å². The van der Waals surface area contributed by atoms with Gasteiger partial charge in [0.2, 0.25) is 5.88 Å². The Morgan fingerprint density at radius 2 is 1.88 bits per heavy atom. The lowest BCUT2D eigenvalue weighted by molar-refractivity contribution is 0.401. The second kappa shape index (κ2) is 6.55. The number of aromatic nitrogens is 4. The summed E-state index contributed by atoms with van der Waals surface area (Å²) >= 11 is 0. The van der Waals surface area contributed by atoms with Crippen molar-refractivity contribution in [3.63, 3.8) is 0 Å². The van der Waals surface area contributed by atoms with E-state index in [1.54, 1.807) is 13.3 Å². The largest absolute Gasteiger partial charge is 0.480 e. The van der Waals surface area contributed by atoms with Crippen LogP contribution in [0.25, 0.3) is 33.6 Å². The average Bonchev–Trinajstić information content (AvgIpc) is 3.17. The molecule has 0 saturated carbocycles. The Labute approximate surface area is 150 Å². The monoisotopic (exact) mass is 346 g/mol. The summed E-state index contributed by atoms with van der Waals surface area (Å²) in [7, 11) is 1.61. The van der Waals surface area contributed by atoms with Gasteiger partial charge in [0.25, 0.3) is 5.89 Å². The lowest BCUT2D eigenvalue weighted by atomic mass is 10.1. The van der Waals surface area contributed by atoms with E-state index in [0.29, 0.717) is 17.6 Å². The molecular formula is C20H18N4O2. The number of ether oxygens (including phenoxy) is 1. The molecule has 0 aliphatic heterocycles. The zero-order valence-electron chi connectivity index (χ0n) is 14.8. The third kappa shape index (κ3) is 2.90. The maximum atomic E-state index is 5.46. The molecule has 6 nitrogen and oxygen atoms in total. The topological polar surface area (TPSA) is 73.9 Å². The van der Waals surface area contributed by atoms with Crippen LogP contribution in [-0.2, 0) is 0 Å². The van der Waals surface area contributed by atoms with Gasteiger partial charge in [0.15, 0.2) is 5.82 Å². The Balaban J connectivity index is 1.73. The number of benzene rings is 1. The molecule has 4 aromatic rings. The van der Waals surface area contributed by atoms with Crippen molar-refractivity contribution in [1.82, 2.24) is 20.1 Å². The summed E-state index contributed by atoms with van der Waals surface area (Å²) in [5.41, 5.74) is 3.27. The van der Waals surface area contributed by atoms with Gasteiger partial charge >= 0.3 is 0 Å². The molecule has 0 radical (unpaired) electrons. The van der Waals surface area contributed by atoms with Crippen LogP contribution in [0.1, 0.15) is 25.6 Å². The Morgan fingerprint density at radius 1 is 1.04 bits per heavy atom. The molecule has 4 rings (SSSR count). The van der Waals surface area contributed by atoms with Crippen molar-refractivity contribution >= 4 is 10.9 Å². The van der Waals surface area contributed by atoms with E-state index >= 15 is 0 Å². The molecule has 0 aliphatic rings. The molecular weight excluding hydrogens is 328 g/mol. The summed E-state index contributed by atoms with van der Waals surface area (Å²) in [5, 5.41) is 5.03. The van der Waals surface area contributed by atoms with Crippen molar-refractivity contribution in [2.45, 2.75) is 19.8 Å². The number of para-hydroxylation sites is 1. The Hall–Kier alpha value is -3.28. The van der Waals surface area contributed by atoms with Crippen molar-refractivity contribution in [3.05, 3.63) is 54.5 Å². The predicted molar refractivity (Wildman–Crippen MR) is 98.9 cm³/mol. The van der Waals surface area contributed by atoms with Gasteiger partial charge in [-0.05, 0) is 24.3 Å². The van der Waals surface area contributed by atoms with Gasteiger partial charge in [-0.15, -0.1) is 0 Å². The molecule has 26 heavy (non-hydrogen) atoms. The number of hydrogen-bond donors (Lipinski definition) is 0. The van der Waals surface area contributed by atoms with Gasteiger partial charge in [0.05, 0.1) is 29.4 Å². The number of pyridine rings is 2. The van der Waals surface area contributed by atoms with E-state index in [0.717, 1.165) is 27.7 Å². The van der Waals surface area contributed by atoms with E-state index in [4.69, 9.17) is 9.26 Å². The minimum Gasteiger partial charge on any atom is -0.480 e. The SMILES string of the molecule is COc1nc2ccccc2cc1-c1ccc(-c2nc(C(C)C)no2)cn1. The number of rotatable bonds is 4. The van der Waals surface area contributed by atoms with Crippen LogP contribution in [-0.4, -0.2) is 27.2 Å². The van der Waals surface area contributed by atoms with Crippen LogP contribution < -0.4 is 4.74 Å². The molecule has 0 atom stereocenters. The standard InChI is InChI=1S/C20H18N4O2/c1-12(2)18-23-19(26-24-18)14-8-9-17(21-11-14)15-10-13-6-4-5-7-16(13)22-20(15)25-3/h4-12H,1-3H3. The summed E-state index contributed by atoms with van der Waals surface area (Å²) in [4.78, 5) is 13.5. The van der Waals surface area contributed by atoms with Crippen molar-refractivity contribution in [2.75, 3.05) is 7.11 Å². The highest BCUT2D eigenvalue weighted by Crippen LogP contribution is 2.31. The molecule has 6 heteroatoms. The molecule has 0 unspecified atom stereocenters. The molecule has 0 fully saturated rings. The van der Waals surface area contributed by atoms with E-state index in [2.05, 4.69) is 20.1 Å². The summed E-state index contributed by atoms with van der Waals surface area (Å²) in [6.45, 7) is 4.05. The fraction of sp³-hybridized carbons (Fsp3) is 0.200.